The van der Waals surface area contributed by atoms with Gasteiger partial charge < -0.3 is 10.6 Å². The number of carbonyl (C=O) groups excluding carboxylic acids is 1. The second-order valence-electron chi connectivity index (χ2n) is 6.47. The Morgan fingerprint density at radius 3 is 2.68 bits per heavy atom. The number of nitrogens with two attached hydrogens (primary N) is 1. The molecule has 4 nitrogen and oxygen atoms in total. The number of nitrogen functional groups attached to an aromatic ring is 1. The standard InChI is InChI=1S/C18H23N3O/c1-13(2)8-11-21-17(22)12-16(18(21)9-5-10-18)20-15-7-4-3-6-14(15)19/h3-4,6-8H,5,9-12,19H2,1-2H3. The molecule has 1 heterocycles. The van der Waals surface area contributed by atoms with E-state index >= 15 is 0 Å². The Morgan fingerprint density at radius 2 is 2.09 bits per heavy atom. The molecule has 1 aromatic carbocycles. The maximum absolute atomic E-state index is 12.5. The Bertz CT molecular complexity index is 652. The summed E-state index contributed by atoms with van der Waals surface area (Å²) in [6, 6.07) is 7.60. The zero-order valence-corrected chi connectivity index (χ0v) is 13.3. The van der Waals surface area contributed by atoms with Crippen LogP contribution >= 0.6 is 0 Å². The van der Waals surface area contributed by atoms with Gasteiger partial charge in [0.15, 0.2) is 0 Å². The van der Waals surface area contributed by atoms with Gasteiger partial charge in [0.1, 0.15) is 0 Å². The van der Waals surface area contributed by atoms with Crippen LogP contribution in [-0.4, -0.2) is 28.6 Å². The SMILES string of the molecule is CC(C)=CCN1C(=O)CC(=Nc2ccccc2N)C12CCC2. The van der Waals surface area contributed by atoms with Gasteiger partial charge in [-0.15, -0.1) is 0 Å². The number of para-hydroxylation sites is 2. The first-order valence-electron chi connectivity index (χ1n) is 7.89. The third kappa shape index (κ3) is 2.43. The molecule has 0 bridgehead atoms. The minimum absolute atomic E-state index is 0.161. The molecule has 0 unspecified atom stereocenters. The van der Waals surface area contributed by atoms with Crippen molar-refractivity contribution in [2.24, 2.45) is 4.99 Å². The number of carbonyl (C=O) groups is 1. The van der Waals surface area contributed by atoms with Gasteiger partial charge in [0.25, 0.3) is 0 Å². The van der Waals surface area contributed by atoms with Crippen LogP contribution in [0, 0.1) is 0 Å². The van der Waals surface area contributed by atoms with Crippen molar-refractivity contribution in [3.8, 4) is 0 Å². The van der Waals surface area contributed by atoms with Crippen LogP contribution in [0.3, 0.4) is 0 Å². The van der Waals surface area contributed by atoms with Crippen LogP contribution in [0.5, 0.6) is 0 Å². The highest BCUT2D eigenvalue weighted by molar-refractivity contribution is 6.14. The zero-order valence-electron chi connectivity index (χ0n) is 13.3. The van der Waals surface area contributed by atoms with E-state index in [1.54, 1.807) is 0 Å². The molecular weight excluding hydrogens is 274 g/mol. The van der Waals surface area contributed by atoms with E-state index in [-0.39, 0.29) is 11.4 Å². The van der Waals surface area contributed by atoms with Crippen molar-refractivity contribution in [2.75, 3.05) is 12.3 Å². The maximum Gasteiger partial charge on any atom is 0.229 e. The van der Waals surface area contributed by atoms with Crippen molar-refractivity contribution in [1.82, 2.24) is 4.90 Å². The first-order chi connectivity index (χ1) is 10.5. The van der Waals surface area contributed by atoms with Crippen LogP contribution in [0.4, 0.5) is 11.4 Å². The van der Waals surface area contributed by atoms with Crippen molar-refractivity contribution in [2.45, 2.75) is 45.1 Å². The Hall–Kier alpha value is -2.10. The summed E-state index contributed by atoms with van der Waals surface area (Å²) in [6.07, 6.45) is 5.73. The fourth-order valence-corrected chi connectivity index (χ4v) is 3.30. The second-order valence-corrected chi connectivity index (χ2v) is 6.47. The molecule has 0 atom stereocenters. The van der Waals surface area contributed by atoms with Gasteiger partial charge in [-0.05, 0) is 45.2 Å². The molecule has 2 N–H and O–H groups in total. The summed E-state index contributed by atoms with van der Waals surface area (Å²) in [6.45, 7) is 4.81. The number of allylic oxidation sites excluding steroid dienone is 1. The molecule has 1 aliphatic heterocycles. The van der Waals surface area contributed by atoms with Crippen LogP contribution in [0.1, 0.15) is 39.5 Å². The predicted octanol–water partition coefficient (Wildman–Crippen LogP) is 3.46. The fraction of sp³-hybridized carbons (Fsp3) is 0.444. The highest BCUT2D eigenvalue weighted by Gasteiger charge is 2.53. The molecule has 1 spiro atoms. The number of rotatable bonds is 3. The highest BCUT2D eigenvalue weighted by Crippen LogP contribution is 2.45. The molecule has 1 aliphatic carbocycles. The molecule has 0 aromatic heterocycles. The van der Waals surface area contributed by atoms with Gasteiger partial charge >= 0.3 is 0 Å². The number of nitrogens with zero attached hydrogens (tertiary/aromatic N) is 2. The van der Waals surface area contributed by atoms with Gasteiger partial charge in [-0.3, -0.25) is 9.79 Å². The van der Waals surface area contributed by atoms with Crippen LogP contribution in [0.2, 0.25) is 0 Å². The smallest absolute Gasteiger partial charge is 0.229 e. The van der Waals surface area contributed by atoms with Crippen molar-refractivity contribution in [3.05, 3.63) is 35.9 Å². The Morgan fingerprint density at radius 1 is 1.36 bits per heavy atom. The molecule has 0 radical (unpaired) electrons. The van der Waals surface area contributed by atoms with Crippen LogP contribution in [-0.2, 0) is 4.79 Å². The van der Waals surface area contributed by atoms with Crippen molar-refractivity contribution < 1.29 is 4.79 Å². The molecule has 1 saturated heterocycles. The monoisotopic (exact) mass is 297 g/mol. The van der Waals surface area contributed by atoms with Gasteiger partial charge in [0, 0.05) is 6.54 Å². The van der Waals surface area contributed by atoms with Crippen LogP contribution in [0.25, 0.3) is 0 Å². The van der Waals surface area contributed by atoms with Gasteiger partial charge in [-0.2, -0.15) is 0 Å². The lowest BCUT2D eigenvalue weighted by atomic mass is 9.73. The zero-order chi connectivity index (χ0) is 15.7. The first-order valence-corrected chi connectivity index (χ1v) is 7.89. The van der Waals surface area contributed by atoms with Gasteiger partial charge in [0.2, 0.25) is 5.91 Å². The van der Waals surface area contributed by atoms with Crippen LogP contribution in [0.15, 0.2) is 40.9 Å². The molecule has 3 rings (SSSR count). The molecule has 116 valence electrons. The number of hydrogen-bond acceptors (Lipinski definition) is 3. The number of hydrogen-bond donors (Lipinski definition) is 1. The highest BCUT2D eigenvalue weighted by atomic mass is 16.2. The Labute approximate surface area is 131 Å². The fourth-order valence-electron chi connectivity index (χ4n) is 3.30. The molecule has 1 amide bonds. The van der Waals surface area contributed by atoms with Crippen molar-refractivity contribution >= 4 is 23.0 Å². The number of amides is 1. The van der Waals surface area contributed by atoms with E-state index in [1.165, 1.54) is 5.57 Å². The number of benzene rings is 1. The number of anilines is 1. The predicted molar refractivity (Wildman–Crippen MR) is 90.3 cm³/mol. The molecule has 1 aromatic rings. The van der Waals surface area contributed by atoms with E-state index in [0.717, 1.165) is 30.7 Å². The summed E-state index contributed by atoms with van der Waals surface area (Å²) in [7, 11) is 0. The first kappa shape index (κ1) is 14.8. The van der Waals surface area contributed by atoms with E-state index in [9.17, 15) is 4.79 Å². The van der Waals surface area contributed by atoms with E-state index < -0.39 is 0 Å². The van der Waals surface area contributed by atoms with Gasteiger partial charge in [0.05, 0.1) is 29.0 Å². The summed E-state index contributed by atoms with van der Waals surface area (Å²) in [5.41, 5.74) is 9.51. The van der Waals surface area contributed by atoms with Gasteiger partial charge in [-0.25, -0.2) is 0 Å². The third-order valence-electron chi connectivity index (χ3n) is 4.73. The number of aliphatic imine (C=N–C) groups is 1. The van der Waals surface area contributed by atoms with E-state index in [1.807, 2.05) is 29.2 Å². The minimum atomic E-state index is -0.161. The minimum Gasteiger partial charge on any atom is -0.397 e. The molecule has 2 aliphatic rings. The quantitative estimate of drug-likeness (QED) is 0.686. The summed E-state index contributed by atoms with van der Waals surface area (Å²) in [4.78, 5) is 19.2. The molecular formula is C18H23N3O. The third-order valence-corrected chi connectivity index (χ3v) is 4.73. The van der Waals surface area contributed by atoms with Crippen molar-refractivity contribution in [1.29, 1.82) is 0 Å². The topological polar surface area (TPSA) is 58.7 Å². The summed E-state index contributed by atoms with van der Waals surface area (Å²) in [5.74, 6) is 0.186. The average molecular weight is 297 g/mol. The Kier molecular flexibility index (Phi) is 3.77. The second kappa shape index (κ2) is 5.59. The van der Waals surface area contributed by atoms with E-state index in [2.05, 4.69) is 19.9 Å². The lowest BCUT2D eigenvalue weighted by molar-refractivity contribution is -0.132. The summed E-state index contributed by atoms with van der Waals surface area (Å²) >= 11 is 0. The summed E-state index contributed by atoms with van der Waals surface area (Å²) in [5, 5.41) is 0. The lowest BCUT2D eigenvalue weighted by Crippen LogP contribution is -2.54. The van der Waals surface area contributed by atoms with Crippen LogP contribution < -0.4 is 5.73 Å². The lowest BCUT2D eigenvalue weighted by Gasteiger charge is -2.45. The normalized spacial score (nSPS) is 21.3. The maximum atomic E-state index is 12.5. The van der Waals surface area contributed by atoms with E-state index in [0.29, 0.717) is 18.7 Å². The largest absolute Gasteiger partial charge is 0.397 e. The number of likely N-dealkylation sites (tertiary alicyclic amines) is 1. The average Bonchev–Trinajstić information content (AvgIpc) is 2.71. The summed E-state index contributed by atoms with van der Waals surface area (Å²) < 4.78 is 0. The van der Waals surface area contributed by atoms with E-state index in [4.69, 9.17) is 10.7 Å². The molecule has 1 saturated carbocycles. The molecule has 22 heavy (non-hydrogen) atoms. The molecule has 2 fully saturated rings. The Balaban J connectivity index is 1.95. The molecule has 4 heteroatoms. The van der Waals surface area contributed by atoms with Crippen molar-refractivity contribution in [3.63, 3.8) is 0 Å². The van der Waals surface area contributed by atoms with Gasteiger partial charge in [-0.1, -0.05) is 23.8 Å².